The minimum Gasteiger partial charge on any atom is -0.497 e. The second-order valence-corrected chi connectivity index (χ2v) is 4.21. The summed E-state index contributed by atoms with van der Waals surface area (Å²) in [5.41, 5.74) is 1.19. The predicted molar refractivity (Wildman–Crippen MR) is 99.8 cm³/mol. The number of amides is 1. The molecule has 0 aromatic heterocycles. The van der Waals surface area contributed by atoms with Gasteiger partial charge in [-0.05, 0) is 31.9 Å². The predicted octanol–water partition coefficient (Wildman–Crippen LogP) is 5.19. The molecule has 5 heteroatoms. The van der Waals surface area contributed by atoms with Crippen LogP contribution in [0.1, 0.15) is 54.0 Å². The zero-order chi connectivity index (χ0) is 19.1. The van der Waals surface area contributed by atoms with E-state index in [1.54, 1.807) is 32.1 Å². The topological polar surface area (TPSA) is 41.9 Å². The Hall–Kier alpha value is -2.17. The van der Waals surface area contributed by atoms with Crippen LogP contribution in [0.4, 0.5) is 4.39 Å². The van der Waals surface area contributed by atoms with E-state index in [1.165, 1.54) is 31.3 Å². The molecule has 1 amide bonds. The van der Waals surface area contributed by atoms with Gasteiger partial charge in [-0.1, -0.05) is 39.8 Å². The molecule has 0 fully saturated rings. The summed E-state index contributed by atoms with van der Waals surface area (Å²) in [5.74, 6) is -0.0401. The highest BCUT2D eigenvalue weighted by molar-refractivity contribution is 5.76. The molecule has 0 atom stereocenters. The van der Waals surface area contributed by atoms with Gasteiger partial charge in [-0.25, -0.2) is 9.40 Å². The number of halogens is 1. The number of nitrogens with zero attached hydrogens (tertiary/aromatic N) is 2. The van der Waals surface area contributed by atoms with Crippen LogP contribution >= 0.6 is 0 Å². The number of rotatable bonds is 5. The monoisotopic (exact) mass is 338 g/mol. The van der Waals surface area contributed by atoms with Crippen molar-refractivity contribution in [2.45, 2.75) is 54.9 Å². The van der Waals surface area contributed by atoms with E-state index < -0.39 is 0 Å². The number of carbonyl (C=O) groups excluding carboxylic acids is 1. The third-order valence-electron chi connectivity index (χ3n) is 2.74. The smallest absolute Gasteiger partial charge is 0.243 e. The fraction of sp³-hybridized carbons (Fsp3) is 0.474. The van der Waals surface area contributed by atoms with E-state index >= 15 is 0 Å². The van der Waals surface area contributed by atoms with Crippen LogP contribution in [0.3, 0.4) is 0 Å². The Kier molecular flexibility index (Phi) is 14.5. The Bertz CT molecular complexity index is 540. The lowest BCUT2D eigenvalue weighted by Crippen LogP contribution is -2.21. The Labute approximate surface area is 146 Å². The first kappa shape index (κ1) is 24.1. The van der Waals surface area contributed by atoms with Gasteiger partial charge in [-0.15, -0.1) is 0 Å². The molecular weight excluding hydrogens is 307 g/mol. The van der Waals surface area contributed by atoms with Crippen molar-refractivity contribution in [1.29, 1.82) is 0 Å². The van der Waals surface area contributed by atoms with Gasteiger partial charge in [0.05, 0.1) is 7.11 Å². The number of allylic oxidation sites excluding steroid dienone is 2. The first-order valence-corrected chi connectivity index (χ1v) is 8.28. The standard InChI is InChI=1S/C15H19FN2O2.2C2H6/c1-5-17-18(12(3)19)11(2)6-7-13-8-9-14(20-4)10-15(13)16;2*1-2/h5-6,8-10H,7H2,1-4H3;2*1-2H3/b11-6+,17-5+;;. The summed E-state index contributed by atoms with van der Waals surface area (Å²) in [7, 11) is 1.49. The molecule has 0 bridgehead atoms. The number of ether oxygens (including phenoxy) is 1. The molecule has 0 aliphatic heterocycles. The van der Waals surface area contributed by atoms with Gasteiger partial charge in [0.15, 0.2) is 0 Å². The lowest BCUT2D eigenvalue weighted by atomic mass is 10.1. The summed E-state index contributed by atoms with van der Waals surface area (Å²) in [4.78, 5) is 11.4. The van der Waals surface area contributed by atoms with Crippen molar-refractivity contribution in [2.24, 2.45) is 5.10 Å². The molecule has 0 aliphatic carbocycles. The summed E-state index contributed by atoms with van der Waals surface area (Å²) in [5, 5.41) is 5.24. The van der Waals surface area contributed by atoms with Crippen molar-refractivity contribution in [3.05, 3.63) is 41.4 Å². The quantitative estimate of drug-likeness (QED) is 0.548. The SMILES string of the molecule is C/C=N/N(C(C)=O)/C(C)=C/Cc1ccc(OC)cc1F.CC.CC. The molecular formula is C19H31FN2O2. The molecule has 24 heavy (non-hydrogen) atoms. The normalized spacial score (nSPS) is 10.3. The summed E-state index contributed by atoms with van der Waals surface area (Å²) in [6.45, 7) is 12.9. The van der Waals surface area contributed by atoms with E-state index in [4.69, 9.17) is 4.74 Å². The largest absolute Gasteiger partial charge is 0.497 e. The third-order valence-corrected chi connectivity index (χ3v) is 2.74. The van der Waals surface area contributed by atoms with Gasteiger partial charge < -0.3 is 4.74 Å². The second-order valence-electron chi connectivity index (χ2n) is 4.21. The maximum atomic E-state index is 13.8. The van der Waals surface area contributed by atoms with Crippen LogP contribution in [0, 0.1) is 5.82 Å². The minimum absolute atomic E-state index is 0.188. The Morgan fingerprint density at radius 1 is 1.25 bits per heavy atom. The van der Waals surface area contributed by atoms with Crippen molar-refractivity contribution < 1.29 is 13.9 Å². The zero-order valence-corrected chi connectivity index (χ0v) is 16.2. The van der Waals surface area contributed by atoms with E-state index in [9.17, 15) is 9.18 Å². The van der Waals surface area contributed by atoms with Crippen LogP contribution < -0.4 is 4.74 Å². The summed E-state index contributed by atoms with van der Waals surface area (Å²) in [6, 6.07) is 4.71. The Morgan fingerprint density at radius 2 is 1.83 bits per heavy atom. The lowest BCUT2D eigenvalue weighted by Gasteiger charge is -2.15. The maximum Gasteiger partial charge on any atom is 0.243 e. The first-order valence-electron chi connectivity index (χ1n) is 8.28. The highest BCUT2D eigenvalue weighted by atomic mass is 19.1. The van der Waals surface area contributed by atoms with Crippen LogP contribution in [0.5, 0.6) is 5.75 Å². The van der Waals surface area contributed by atoms with Gasteiger partial charge in [0.1, 0.15) is 11.6 Å². The molecule has 136 valence electrons. The number of carbonyl (C=O) groups is 1. The second kappa shape index (κ2) is 14.4. The third kappa shape index (κ3) is 8.46. The van der Waals surface area contributed by atoms with Crippen LogP contribution in [0.15, 0.2) is 35.1 Å². The summed E-state index contributed by atoms with van der Waals surface area (Å²) < 4.78 is 18.7. The molecule has 0 aliphatic rings. The van der Waals surface area contributed by atoms with Gasteiger partial charge in [0, 0.05) is 24.9 Å². The molecule has 0 spiro atoms. The number of benzene rings is 1. The van der Waals surface area contributed by atoms with Crippen LogP contribution in [-0.4, -0.2) is 24.2 Å². The lowest BCUT2D eigenvalue weighted by molar-refractivity contribution is -0.126. The van der Waals surface area contributed by atoms with Gasteiger partial charge >= 0.3 is 0 Å². The first-order chi connectivity index (χ1) is 11.5. The van der Waals surface area contributed by atoms with Crippen molar-refractivity contribution >= 4 is 12.1 Å². The van der Waals surface area contributed by atoms with Crippen molar-refractivity contribution in [3.8, 4) is 5.75 Å². The van der Waals surface area contributed by atoms with Gasteiger partial charge in [-0.3, -0.25) is 4.79 Å². The Balaban J connectivity index is 0. The van der Waals surface area contributed by atoms with E-state index in [-0.39, 0.29) is 11.7 Å². The zero-order valence-electron chi connectivity index (χ0n) is 16.2. The molecule has 4 nitrogen and oxygen atoms in total. The molecule has 0 unspecified atom stereocenters. The van der Waals surface area contributed by atoms with Gasteiger partial charge in [-0.2, -0.15) is 5.10 Å². The van der Waals surface area contributed by atoms with Crippen LogP contribution in [0.2, 0.25) is 0 Å². The molecule has 0 N–H and O–H groups in total. The molecule has 0 saturated carbocycles. The van der Waals surface area contributed by atoms with Gasteiger partial charge in [0.25, 0.3) is 0 Å². The number of hydrogen-bond donors (Lipinski definition) is 0. The average Bonchev–Trinajstić information content (AvgIpc) is 2.61. The minimum atomic E-state index is -0.332. The molecule has 0 radical (unpaired) electrons. The van der Waals surface area contributed by atoms with Gasteiger partial charge in [0.2, 0.25) is 5.91 Å². The maximum absolute atomic E-state index is 13.8. The van der Waals surface area contributed by atoms with Crippen LogP contribution in [-0.2, 0) is 11.2 Å². The van der Waals surface area contributed by atoms with Crippen molar-refractivity contribution in [2.75, 3.05) is 7.11 Å². The average molecular weight is 338 g/mol. The van der Waals surface area contributed by atoms with Crippen molar-refractivity contribution in [3.63, 3.8) is 0 Å². The highest BCUT2D eigenvalue weighted by Crippen LogP contribution is 2.17. The summed E-state index contributed by atoms with van der Waals surface area (Å²) in [6.07, 6.45) is 3.68. The van der Waals surface area contributed by atoms with Crippen molar-refractivity contribution in [1.82, 2.24) is 5.01 Å². The van der Waals surface area contributed by atoms with E-state index in [1.807, 2.05) is 27.7 Å². The van der Waals surface area contributed by atoms with E-state index in [0.29, 0.717) is 23.4 Å². The highest BCUT2D eigenvalue weighted by Gasteiger charge is 2.09. The molecule has 1 rings (SSSR count). The summed E-state index contributed by atoms with van der Waals surface area (Å²) >= 11 is 0. The molecule has 0 saturated heterocycles. The number of hydrogen-bond acceptors (Lipinski definition) is 3. The van der Waals surface area contributed by atoms with E-state index in [0.717, 1.165) is 0 Å². The number of hydrazone groups is 1. The number of methoxy groups -OCH3 is 1. The molecule has 1 aromatic rings. The Morgan fingerprint density at radius 3 is 2.25 bits per heavy atom. The fourth-order valence-electron chi connectivity index (χ4n) is 1.70. The van der Waals surface area contributed by atoms with Crippen LogP contribution in [0.25, 0.3) is 0 Å². The fourth-order valence-corrected chi connectivity index (χ4v) is 1.70. The molecule has 1 aromatic carbocycles. The van der Waals surface area contributed by atoms with E-state index in [2.05, 4.69) is 5.10 Å². The molecule has 0 heterocycles.